The van der Waals surface area contributed by atoms with Gasteiger partial charge in [-0.25, -0.2) is 0 Å². The molecule has 0 aromatic heterocycles. The van der Waals surface area contributed by atoms with E-state index in [1.54, 1.807) is 4.90 Å². The largest absolute Gasteiger partial charge is 0.353 e. The number of amides is 2. The minimum atomic E-state index is -0.242. The summed E-state index contributed by atoms with van der Waals surface area (Å²) in [6, 6.07) is 8.71. The fourth-order valence-corrected chi connectivity index (χ4v) is 3.63. The first-order valence-electron chi connectivity index (χ1n) is 9.00. The van der Waals surface area contributed by atoms with Crippen molar-refractivity contribution in [3.05, 3.63) is 29.8 Å². The van der Waals surface area contributed by atoms with Crippen molar-refractivity contribution >= 4 is 17.5 Å². The summed E-state index contributed by atoms with van der Waals surface area (Å²) in [5.74, 6) is -0.179. The highest BCUT2D eigenvalue weighted by atomic mass is 16.2. The standard InChI is InChI=1S/C19H27N3O2/c1-3-14-4-6-17(7-5-14)22-12-15(11-18(22)23)19(24)21-16-8-9-20-13(2)10-16/h4-7,13,15-16,20H,3,8-12H2,1-2H3,(H,21,24). The summed E-state index contributed by atoms with van der Waals surface area (Å²) in [7, 11) is 0. The van der Waals surface area contributed by atoms with E-state index in [0.29, 0.717) is 19.0 Å². The van der Waals surface area contributed by atoms with Crippen molar-refractivity contribution in [3.8, 4) is 0 Å². The van der Waals surface area contributed by atoms with E-state index >= 15 is 0 Å². The zero-order chi connectivity index (χ0) is 17.1. The van der Waals surface area contributed by atoms with E-state index in [0.717, 1.165) is 31.5 Å². The predicted molar refractivity (Wildman–Crippen MR) is 94.9 cm³/mol. The monoisotopic (exact) mass is 329 g/mol. The smallest absolute Gasteiger partial charge is 0.227 e. The minimum Gasteiger partial charge on any atom is -0.353 e. The number of hydrogen-bond donors (Lipinski definition) is 2. The molecule has 0 spiro atoms. The highest BCUT2D eigenvalue weighted by molar-refractivity contribution is 6.00. The highest BCUT2D eigenvalue weighted by Crippen LogP contribution is 2.26. The number of nitrogens with zero attached hydrogens (tertiary/aromatic N) is 1. The van der Waals surface area contributed by atoms with Crippen LogP contribution >= 0.6 is 0 Å². The third-order valence-corrected chi connectivity index (χ3v) is 5.12. The summed E-state index contributed by atoms with van der Waals surface area (Å²) >= 11 is 0. The molecule has 3 unspecified atom stereocenters. The van der Waals surface area contributed by atoms with Gasteiger partial charge in [-0.1, -0.05) is 19.1 Å². The van der Waals surface area contributed by atoms with E-state index in [2.05, 4.69) is 24.5 Å². The van der Waals surface area contributed by atoms with Crippen LogP contribution < -0.4 is 15.5 Å². The first-order chi connectivity index (χ1) is 11.6. The number of benzene rings is 1. The van der Waals surface area contributed by atoms with Crippen molar-refractivity contribution in [2.45, 2.75) is 51.6 Å². The number of hydrogen-bond acceptors (Lipinski definition) is 3. The third-order valence-electron chi connectivity index (χ3n) is 5.12. The molecule has 0 aliphatic carbocycles. The van der Waals surface area contributed by atoms with Crippen molar-refractivity contribution in [2.24, 2.45) is 5.92 Å². The molecule has 2 aliphatic rings. The van der Waals surface area contributed by atoms with Crippen molar-refractivity contribution in [1.29, 1.82) is 0 Å². The molecular weight excluding hydrogens is 302 g/mol. The summed E-state index contributed by atoms with van der Waals surface area (Å²) in [6.07, 6.45) is 3.20. The average Bonchev–Trinajstić information content (AvgIpc) is 2.97. The molecule has 24 heavy (non-hydrogen) atoms. The van der Waals surface area contributed by atoms with E-state index < -0.39 is 0 Å². The van der Waals surface area contributed by atoms with Gasteiger partial charge in [0.05, 0.1) is 5.92 Å². The molecule has 2 saturated heterocycles. The number of piperidine rings is 1. The Hall–Kier alpha value is -1.88. The Bertz CT molecular complexity index is 599. The molecule has 0 radical (unpaired) electrons. The van der Waals surface area contributed by atoms with Gasteiger partial charge in [0.15, 0.2) is 0 Å². The van der Waals surface area contributed by atoms with Crippen molar-refractivity contribution in [1.82, 2.24) is 10.6 Å². The van der Waals surface area contributed by atoms with Gasteiger partial charge in [-0.15, -0.1) is 0 Å². The maximum Gasteiger partial charge on any atom is 0.227 e. The second kappa shape index (κ2) is 7.34. The molecule has 3 atom stereocenters. The van der Waals surface area contributed by atoms with E-state index in [1.165, 1.54) is 5.56 Å². The second-order valence-electron chi connectivity index (χ2n) is 7.01. The van der Waals surface area contributed by atoms with Crippen LogP contribution in [0.15, 0.2) is 24.3 Å². The summed E-state index contributed by atoms with van der Waals surface area (Å²) in [4.78, 5) is 26.6. The van der Waals surface area contributed by atoms with Gasteiger partial charge in [-0.3, -0.25) is 9.59 Å². The van der Waals surface area contributed by atoms with Crippen LogP contribution in [0.1, 0.15) is 38.7 Å². The lowest BCUT2D eigenvalue weighted by Gasteiger charge is -2.29. The number of nitrogens with one attached hydrogen (secondary N) is 2. The minimum absolute atomic E-state index is 0.0233. The van der Waals surface area contributed by atoms with E-state index in [1.807, 2.05) is 24.3 Å². The molecule has 2 amide bonds. The SMILES string of the molecule is CCc1ccc(N2CC(C(=O)NC3CCNC(C)C3)CC2=O)cc1. The lowest BCUT2D eigenvalue weighted by Crippen LogP contribution is -2.48. The molecule has 2 fully saturated rings. The van der Waals surface area contributed by atoms with Gasteiger partial charge in [0.25, 0.3) is 0 Å². The Morgan fingerprint density at radius 2 is 2.08 bits per heavy atom. The van der Waals surface area contributed by atoms with Gasteiger partial charge in [0, 0.05) is 30.7 Å². The summed E-state index contributed by atoms with van der Waals surface area (Å²) < 4.78 is 0. The van der Waals surface area contributed by atoms with Crippen LogP contribution in [0.4, 0.5) is 5.69 Å². The van der Waals surface area contributed by atoms with Gasteiger partial charge >= 0.3 is 0 Å². The van der Waals surface area contributed by atoms with Gasteiger partial charge in [-0.05, 0) is 50.4 Å². The van der Waals surface area contributed by atoms with Crippen LogP contribution in [-0.4, -0.2) is 37.0 Å². The van der Waals surface area contributed by atoms with Crippen LogP contribution in [0.2, 0.25) is 0 Å². The summed E-state index contributed by atoms with van der Waals surface area (Å²) in [6.45, 7) is 5.67. The first kappa shape index (κ1) is 17.0. The van der Waals surface area contributed by atoms with Crippen molar-refractivity contribution < 1.29 is 9.59 Å². The van der Waals surface area contributed by atoms with E-state index in [4.69, 9.17) is 0 Å². The summed E-state index contributed by atoms with van der Waals surface area (Å²) in [5, 5.41) is 6.53. The fraction of sp³-hybridized carbons (Fsp3) is 0.579. The first-order valence-corrected chi connectivity index (χ1v) is 9.00. The maximum absolute atomic E-state index is 12.5. The molecule has 5 nitrogen and oxygen atoms in total. The van der Waals surface area contributed by atoms with Crippen LogP contribution in [0.3, 0.4) is 0 Å². The normalized spacial score (nSPS) is 27.3. The molecular formula is C19H27N3O2. The molecule has 3 rings (SSSR count). The number of carbonyl (C=O) groups excluding carboxylic acids is 2. The average molecular weight is 329 g/mol. The van der Waals surface area contributed by atoms with Gasteiger partial charge in [0.1, 0.15) is 0 Å². The van der Waals surface area contributed by atoms with Crippen LogP contribution in [0.5, 0.6) is 0 Å². The Labute approximate surface area is 143 Å². The number of rotatable bonds is 4. The van der Waals surface area contributed by atoms with Crippen LogP contribution in [0.25, 0.3) is 0 Å². The second-order valence-corrected chi connectivity index (χ2v) is 7.01. The third kappa shape index (κ3) is 3.78. The van der Waals surface area contributed by atoms with Crippen LogP contribution in [0, 0.1) is 5.92 Å². The van der Waals surface area contributed by atoms with Crippen LogP contribution in [-0.2, 0) is 16.0 Å². The van der Waals surface area contributed by atoms with E-state index in [-0.39, 0.29) is 23.8 Å². The van der Waals surface area contributed by atoms with Gasteiger partial charge in [-0.2, -0.15) is 0 Å². The molecule has 0 saturated carbocycles. The zero-order valence-corrected chi connectivity index (χ0v) is 14.5. The lowest BCUT2D eigenvalue weighted by molar-refractivity contribution is -0.127. The Kier molecular flexibility index (Phi) is 5.19. The highest BCUT2D eigenvalue weighted by Gasteiger charge is 2.36. The zero-order valence-electron chi connectivity index (χ0n) is 14.5. The molecule has 1 aromatic rings. The van der Waals surface area contributed by atoms with Gasteiger partial charge in [0.2, 0.25) is 11.8 Å². The molecule has 2 aliphatic heterocycles. The predicted octanol–water partition coefficient (Wildman–Crippen LogP) is 1.86. The fourth-order valence-electron chi connectivity index (χ4n) is 3.63. The topological polar surface area (TPSA) is 61.4 Å². The number of anilines is 1. The number of aryl methyl sites for hydroxylation is 1. The molecule has 5 heteroatoms. The maximum atomic E-state index is 12.5. The van der Waals surface area contributed by atoms with E-state index in [9.17, 15) is 9.59 Å². The number of carbonyl (C=O) groups is 2. The molecule has 130 valence electrons. The molecule has 0 bridgehead atoms. The Morgan fingerprint density at radius 1 is 1.33 bits per heavy atom. The lowest BCUT2D eigenvalue weighted by atomic mass is 9.99. The summed E-state index contributed by atoms with van der Waals surface area (Å²) in [5.41, 5.74) is 2.14. The Morgan fingerprint density at radius 3 is 2.75 bits per heavy atom. The van der Waals surface area contributed by atoms with Crippen molar-refractivity contribution in [3.63, 3.8) is 0 Å². The molecule has 2 N–H and O–H groups in total. The Balaban J connectivity index is 1.60. The molecule has 2 heterocycles. The van der Waals surface area contributed by atoms with Crippen molar-refractivity contribution in [2.75, 3.05) is 18.0 Å². The van der Waals surface area contributed by atoms with Gasteiger partial charge < -0.3 is 15.5 Å². The molecule has 1 aromatic carbocycles. The quantitative estimate of drug-likeness (QED) is 0.886.